The van der Waals surface area contributed by atoms with Crippen molar-refractivity contribution in [2.24, 2.45) is 0 Å². The molecule has 2 rings (SSSR count). The highest BCUT2D eigenvalue weighted by molar-refractivity contribution is 6.32. The zero-order valence-corrected chi connectivity index (χ0v) is 12.4. The normalized spacial score (nSPS) is 19.9. The first-order chi connectivity index (χ1) is 9.65. The summed E-state index contributed by atoms with van der Waals surface area (Å²) in [5, 5.41) is 9.81. The molecule has 1 fully saturated rings. The molecule has 110 valence electrons. The number of ketones is 1. The molecule has 0 spiro atoms. The van der Waals surface area contributed by atoms with E-state index in [4.69, 9.17) is 16.3 Å². The molecule has 20 heavy (non-hydrogen) atoms. The molecule has 0 amide bonds. The fourth-order valence-electron chi connectivity index (χ4n) is 2.59. The molecule has 1 aromatic rings. The van der Waals surface area contributed by atoms with Crippen LogP contribution in [0.5, 0.6) is 5.75 Å². The van der Waals surface area contributed by atoms with E-state index in [-0.39, 0.29) is 18.4 Å². The van der Waals surface area contributed by atoms with Gasteiger partial charge in [-0.1, -0.05) is 18.0 Å². The van der Waals surface area contributed by atoms with E-state index in [0.717, 1.165) is 25.8 Å². The maximum absolute atomic E-state index is 12.3. The third-order valence-electron chi connectivity index (χ3n) is 3.78. The number of methoxy groups -OCH3 is 1. The molecule has 1 saturated heterocycles. The molecule has 1 atom stereocenters. The topological polar surface area (TPSA) is 49.8 Å². The zero-order chi connectivity index (χ0) is 14.5. The van der Waals surface area contributed by atoms with E-state index >= 15 is 0 Å². The molecule has 1 aliphatic rings. The number of aliphatic hydroxyl groups excluding tert-OH is 1. The maximum Gasteiger partial charge on any atom is 0.176 e. The van der Waals surface area contributed by atoms with Crippen molar-refractivity contribution >= 4 is 17.4 Å². The minimum atomic E-state index is 0.0231. The molecule has 0 saturated carbocycles. The summed E-state index contributed by atoms with van der Waals surface area (Å²) in [4.78, 5) is 14.4. The number of nitrogens with zero attached hydrogens (tertiary/aromatic N) is 1. The molecule has 5 heteroatoms. The van der Waals surface area contributed by atoms with Crippen molar-refractivity contribution < 1.29 is 14.6 Å². The quantitative estimate of drug-likeness (QED) is 0.848. The monoisotopic (exact) mass is 297 g/mol. The lowest BCUT2D eigenvalue weighted by Gasteiger charge is -2.33. The van der Waals surface area contributed by atoms with Crippen LogP contribution in [-0.2, 0) is 0 Å². The summed E-state index contributed by atoms with van der Waals surface area (Å²) < 4.78 is 5.08. The Bertz CT molecular complexity index is 478. The van der Waals surface area contributed by atoms with Gasteiger partial charge in [-0.25, -0.2) is 0 Å². The van der Waals surface area contributed by atoms with E-state index in [1.54, 1.807) is 25.3 Å². The number of benzene rings is 1. The molecule has 1 heterocycles. The van der Waals surface area contributed by atoms with Crippen molar-refractivity contribution in [3.05, 3.63) is 28.8 Å². The van der Waals surface area contributed by atoms with Crippen LogP contribution in [0, 0.1) is 0 Å². The van der Waals surface area contributed by atoms with Crippen LogP contribution in [0.25, 0.3) is 0 Å². The fraction of sp³-hybridized carbons (Fsp3) is 0.533. The minimum Gasteiger partial charge on any atom is -0.495 e. The van der Waals surface area contributed by atoms with Crippen LogP contribution in [0.15, 0.2) is 18.2 Å². The number of hydrogen-bond acceptors (Lipinski definition) is 4. The van der Waals surface area contributed by atoms with E-state index < -0.39 is 0 Å². The van der Waals surface area contributed by atoms with Gasteiger partial charge >= 0.3 is 0 Å². The number of hydrogen-bond donors (Lipinski definition) is 1. The van der Waals surface area contributed by atoms with Gasteiger partial charge in [0.15, 0.2) is 5.78 Å². The van der Waals surface area contributed by atoms with Crippen LogP contribution in [0.4, 0.5) is 0 Å². The molecular weight excluding hydrogens is 278 g/mol. The first kappa shape index (κ1) is 15.3. The Hall–Kier alpha value is -1.10. The first-order valence-electron chi connectivity index (χ1n) is 6.87. The highest BCUT2D eigenvalue weighted by Gasteiger charge is 2.24. The SMILES string of the molecule is COc1ccc(C(=O)CN2CCCCC2CO)cc1Cl. The number of piperidine rings is 1. The smallest absolute Gasteiger partial charge is 0.176 e. The Morgan fingerprint density at radius 3 is 2.95 bits per heavy atom. The lowest BCUT2D eigenvalue weighted by molar-refractivity contribution is 0.0711. The Kier molecular flexibility index (Phi) is 5.40. The minimum absolute atomic E-state index is 0.0231. The van der Waals surface area contributed by atoms with Gasteiger partial charge in [0, 0.05) is 11.6 Å². The van der Waals surface area contributed by atoms with Crippen molar-refractivity contribution in [1.29, 1.82) is 0 Å². The number of rotatable bonds is 5. The second-order valence-electron chi connectivity index (χ2n) is 5.08. The van der Waals surface area contributed by atoms with Gasteiger partial charge in [-0.05, 0) is 37.6 Å². The molecule has 1 N–H and O–H groups in total. The molecule has 1 aliphatic heterocycles. The molecule has 0 aliphatic carbocycles. The third kappa shape index (κ3) is 3.51. The lowest BCUT2D eigenvalue weighted by Crippen LogP contribution is -2.44. The number of aliphatic hydroxyl groups is 1. The van der Waals surface area contributed by atoms with E-state index in [2.05, 4.69) is 4.90 Å². The van der Waals surface area contributed by atoms with Crippen LogP contribution in [-0.4, -0.2) is 48.6 Å². The summed E-state index contributed by atoms with van der Waals surface area (Å²) >= 11 is 6.04. The van der Waals surface area contributed by atoms with Crippen LogP contribution < -0.4 is 4.74 Å². The Morgan fingerprint density at radius 2 is 2.30 bits per heavy atom. The summed E-state index contributed by atoms with van der Waals surface area (Å²) in [6.45, 7) is 1.30. The number of halogens is 1. The zero-order valence-electron chi connectivity index (χ0n) is 11.6. The third-order valence-corrected chi connectivity index (χ3v) is 4.08. The Morgan fingerprint density at radius 1 is 1.50 bits per heavy atom. The summed E-state index contributed by atoms with van der Waals surface area (Å²) in [5.41, 5.74) is 0.582. The van der Waals surface area contributed by atoms with Crippen molar-refractivity contribution in [3.8, 4) is 5.75 Å². The molecule has 0 radical (unpaired) electrons. The van der Waals surface area contributed by atoms with Crippen molar-refractivity contribution in [1.82, 2.24) is 4.90 Å². The average Bonchev–Trinajstić information content (AvgIpc) is 2.47. The van der Waals surface area contributed by atoms with E-state index in [1.165, 1.54) is 0 Å². The predicted octanol–water partition coefficient (Wildman–Crippen LogP) is 2.38. The summed E-state index contributed by atoms with van der Waals surface area (Å²) in [7, 11) is 1.54. The molecule has 4 nitrogen and oxygen atoms in total. The lowest BCUT2D eigenvalue weighted by atomic mass is 10.0. The highest BCUT2D eigenvalue weighted by Crippen LogP contribution is 2.25. The number of carbonyl (C=O) groups is 1. The van der Waals surface area contributed by atoms with Gasteiger partial charge in [0.2, 0.25) is 0 Å². The van der Waals surface area contributed by atoms with Gasteiger partial charge in [0.25, 0.3) is 0 Å². The van der Waals surface area contributed by atoms with Crippen molar-refractivity contribution in [3.63, 3.8) is 0 Å². The van der Waals surface area contributed by atoms with Gasteiger partial charge in [-0.3, -0.25) is 9.69 Å². The fourth-order valence-corrected chi connectivity index (χ4v) is 2.85. The largest absolute Gasteiger partial charge is 0.495 e. The van der Waals surface area contributed by atoms with Crippen molar-refractivity contribution in [2.75, 3.05) is 26.8 Å². The molecule has 1 unspecified atom stereocenters. The second kappa shape index (κ2) is 7.07. The average molecular weight is 298 g/mol. The van der Waals surface area contributed by atoms with Gasteiger partial charge < -0.3 is 9.84 Å². The van der Waals surface area contributed by atoms with E-state index in [0.29, 0.717) is 22.9 Å². The molecular formula is C15H20ClNO3. The first-order valence-corrected chi connectivity index (χ1v) is 7.25. The van der Waals surface area contributed by atoms with E-state index in [9.17, 15) is 9.90 Å². The molecule has 1 aromatic carbocycles. The standard InChI is InChI=1S/C15H20ClNO3/c1-20-15-6-5-11(8-13(15)16)14(19)9-17-7-3-2-4-12(17)10-18/h5-6,8,12,18H,2-4,7,9-10H2,1H3. The Balaban J connectivity index is 2.05. The number of ether oxygens (including phenoxy) is 1. The van der Waals surface area contributed by atoms with E-state index in [1.807, 2.05) is 0 Å². The second-order valence-corrected chi connectivity index (χ2v) is 5.48. The number of Topliss-reactive ketones (excluding diaryl/α,β-unsaturated/α-hetero) is 1. The molecule has 0 bridgehead atoms. The number of carbonyl (C=O) groups excluding carboxylic acids is 1. The van der Waals surface area contributed by atoms with Gasteiger partial charge in [-0.15, -0.1) is 0 Å². The highest BCUT2D eigenvalue weighted by atomic mass is 35.5. The maximum atomic E-state index is 12.3. The summed E-state index contributed by atoms with van der Waals surface area (Å²) in [6, 6.07) is 5.17. The summed E-state index contributed by atoms with van der Waals surface area (Å²) in [5.74, 6) is 0.587. The summed E-state index contributed by atoms with van der Waals surface area (Å²) in [6.07, 6.45) is 3.14. The van der Waals surface area contributed by atoms with Gasteiger partial charge in [-0.2, -0.15) is 0 Å². The van der Waals surface area contributed by atoms with Crippen LogP contribution >= 0.6 is 11.6 Å². The van der Waals surface area contributed by atoms with Gasteiger partial charge in [0.1, 0.15) is 5.75 Å². The Labute approximate surface area is 124 Å². The molecule has 0 aromatic heterocycles. The van der Waals surface area contributed by atoms with Crippen LogP contribution in [0.3, 0.4) is 0 Å². The van der Waals surface area contributed by atoms with Gasteiger partial charge in [0.05, 0.1) is 25.3 Å². The predicted molar refractivity (Wildman–Crippen MR) is 78.6 cm³/mol. The van der Waals surface area contributed by atoms with Crippen LogP contribution in [0.1, 0.15) is 29.6 Å². The van der Waals surface area contributed by atoms with Crippen molar-refractivity contribution in [2.45, 2.75) is 25.3 Å². The number of likely N-dealkylation sites (tertiary alicyclic amines) is 1. The van der Waals surface area contributed by atoms with Crippen LogP contribution in [0.2, 0.25) is 5.02 Å².